The maximum Gasteiger partial charge on any atom is 0.266 e. The Bertz CT molecular complexity index is 527. The van der Waals surface area contributed by atoms with Crippen molar-refractivity contribution < 1.29 is 4.79 Å². The van der Waals surface area contributed by atoms with Gasteiger partial charge >= 0.3 is 0 Å². The average Bonchev–Trinajstić information content (AvgIpc) is 2.57. The van der Waals surface area contributed by atoms with Gasteiger partial charge in [0.15, 0.2) is 0 Å². The van der Waals surface area contributed by atoms with Crippen molar-refractivity contribution in [2.24, 2.45) is 0 Å². The summed E-state index contributed by atoms with van der Waals surface area (Å²) >= 11 is 10.0. The van der Waals surface area contributed by atoms with E-state index in [0.29, 0.717) is 15.8 Å². The largest absolute Gasteiger partial charge is 0.293 e. The van der Waals surface area contributed by atoms with Gasteiger partial charge in [0, 0.05) is 11.0 Å². The topological polar surface area (TPSA) is 20.3 Å². The molecule has 0 aliphatic carbocycles. The van der Waals surface area contributed by atoms with Crippen molar-refractivity contribution in [3.05, 3.63) is 39.2 Å². The van der Waals surface area contributed by atoms with Crippen molar-refractivity contribution in [3.8, 4) is 0 Å². The van der Waals surface area contributed by atoms with Crippen LogP contribution >= 0.6 is 39.9 Å². The molecule has 0 unspecified atom stereocenters. The third kappa shape index (κ3) is 3.02. The van der Waals surface area contributed by atoms with E-state index < -0.39 is 0 Å². The second-order valence-electron chi connectivity index (χ2n) is 3.89. The Hall–Kier alpha value is -0.650. The molecule has 0 saturated carbocycles. The number of carbonyl (C=O) groups is 1. The SMILES string of the molecule is CCCN1C(=O)/C(=C\c2cccc(Br)c2)SC1=S. The van der Waals surface area contributed by atoms with Gasteiger partial charge in [0.2, 0.25) is 0 Å². The highest BCUT2D eigenvalue weighted by molar-refractivity contribution is 9.10. The second-order valence-corrected chi connectivity index (χ2v) is 6.48. The number of hydrogen-bond acceptors (Lipinski definition) is 3. The molecule has 94 valence electrons. The van der Waals surface area contributed by atoms with E-state index in [2.05, 4.69) is 15.9 Å². The molecule has 1 aliphatic rings. The van der Waals surface area contributed by atoms with Gasteiger partial charge in [-0.05, 0) is 30.2 Å². The Balaban J connectivity index is 2.25. The molecule has 0 bridgehead atoms. The quantitative estimate of drug-likeness (QED) is 0.610. The smallest absolute Gasteiger partial charge is 0.266 e. The highest BCUT2D eigenvalue weighted by Crippen LogP contribution is 2.32. The Morgan fingerprint density at radius 1 is 1.50 bits per heavy atom. The molecule has 18 heavy (non-hydrogen) atoms. The van der Waals surface area contributed by atoms with Crippen LogP contribution in [0.25, 0.3) is 6.08 Å². The number of thiocarbonyl (C=S) groups is 1. The van der Waals surface area contributed by atoms with Crippen LogP contribution in [0.3, 0.4) is 0 Å². The van der Waals surface area contributed by atoms with E-state index >= 15 is 0 Å². The van der Waals surface area contributed by atoms with Crippen LogP contribution in [0, 0.1) is 0 Å². The molecule has 1 amide bonds. The number of nitrogens with zero attached hydrogens (tertiary/aromatic N) is 1. The van der Waals surface area contributed by atoms with Gasteiger partial charge in [-0.1, -0.05) is 59.0 Å². The first-order valence-electron chi connectivity index (χ1n) is 5.62. The van der Waals surface area contributed by atoms with Gasteiger partial charge in [-0.15, -0.1) is 0 Å². The van der Waals surface area contributed by atoms with Crippen LogP contribution < -0.4 is 0 Å². The Morgan fingerprint density at radius 3 is 2.94 bits per heavy atom. The number of hydrogen-bond donors (Lipinski definition) is 0. The van der Waals surface area contributed by atoms with Crippen molar-refractivity contribution >= 4 is 56.2 Å². The molecule has 0 aromatic heterocycles. The van der Waals surface area contributed by atoms with Crippen LogP contribution in [-0.2, 0) is 4.79 Å². The predicted molar refractivity (Wildman–Crippen MR) is 84.3 cm³/mol. The molecule has 0 N–H and O–H groups in total. The molecule has 1 aromatic rings. The van der Waals surface area contributed by atoms with E-state index in [-0.39, 0.29) is 5.91 Å². The van der Waals surface area contributed by atoms with Gasteiger partial charge < -0.3 is 0 Å². The van der Waals surface area contributed by atoms with Gasteiger partial charge in [0.05, 0.1) is 4.91 Å². The van der Waals surface area contributed by atoms with Gasteiger partial charge in [0.1, 0.15) is 4.32 Å². The van der Waals surface area contributed by atoms with Gasteiger partial charge in [0.25, 0.3) is 5.91 Å². The van der Waals surface area contributed by atoms with Crippen molar-refractivity contribution in [1.29, 1.82) is 0 Å². The number of benzene rings is 1. The first kappa shape index (κ1) is 13.8. The van der Waals surface area contributed by atoms with Gasteiger partial charge in [-0.25, -0.2) is 0 Å². The minimum Gasteiger partial charge on any atom is -0.293 e. The molecule has 2 nitrogen and oxygen atoms in total. The Kier molecular flexibility index (Phi) is 4.59. The Morgan fingerprint density at radius 2 is 2.28 bits per heavy atom. The van der Waals surface area contributed by atoms with E-state index in [1.54, 1.807) is 4.90 Å². The summed E-state index contributed by atoms with van der Waals surface area (Å²) in [5.41, 5.74) is 1.00. The number of thioether (sulfide) groups is 1. The molecule has 1 aliphatic heterocycles. The fraction of sp³-hybridized carbons (Fsp3) is 0.231. The number of amides is 1. The van der Waals surface area contributed by atoms with Crippen LogP contribution in [0.15, 0.2) is 33.6 Å². The zero-order valence-electron chi connectivity index (χ0n) is 9.85. The van der Waals surface area contributed by atoms with Crippen molar-refractivity contribution in [2.45, 2.75) is 13.3 Å². The normalized spacial score (nSPS) is 17.9. The molecule has 0 radical (unpaired) electrons. The summed E-state index contributed by atoms with van der Waals surface area (Å²) in [6, 6.07) is 7.85. The standard InChI is InChI=1S/C13H12BrNOS2/c1-2-6-15-12(16)11(18-13(15)17)8-9-4-3-5-10(14)7-9/h3-5,7-8H,2,6H2,1H3/b11-8+. The molecule has 0 atom stereocenters. The fourth-order valence-electron chi connectivity index (χ4n) is 1.66. The lowest BCUT2D eigenvalue weighted by Crippen LogP contribution is -2.28. The fourth-order valence-corrected chi connectivity index (χ4v) is 3.39. The molecule has 5 heteroatoms. The highest BCUT2D eigenvalue weighted by atomic mass is 79.9. The number of halogens is 1. The minimum atomic E-state index is 0.0202. The minimum absolute atomic E-state index is 0.0202. The average molecular weight is 342 g/mol. The lowest BCUT2D eigenvalue weighted by atomic mass is 10.2. The van der Waals surface area contributed by atoms with Gasteiger partial charge in [-0.2, -0.15) is 0 Å². The molecule has 1 aromatic carbocycles. The number of rotatable bonds is 3. The second kappa shape index (κ2) is 5.99. The zero-order valence-corrected chi connectivity index (χ0v) is 13.1. The molecule has 1 heterocycles. The predicted octanol–water partition coefficient (Wildman–Crippen LogP) is 4.06. The summed E-state index contributed by atoms with van der Waals surface area (Å²) in [5.74, 6) is 0.0202. The molecule has 0 spiro atoms. The van der Waals surface area contributed by atoms with Crippen molar-refractivity contribution in [2.75, 3.05) is 6.54 Å². The molecular weight excluding hydrogens is 330 g/mol. The van der Waals surface area contributed by atoms with Crippen LogP contribution in [0.4, 0.5) is 0 Å². The third-order valence-corrected chi connectivity index (χ3v) is 4.34. The van der Waals surface area contributed by atoms with Crippen LogP contribution in [0.2, 0.25) is 0 Å². The van der Waals surface area contributed by atoms with E-state index in [9.17, 15) is 4.79 Å². The van der Waals surface area contributed by atoms with Crippen LogP contribution in [0.1, 0.15) is 18.9 Å². The lowest BCUT2D eigenvalue weighted by molar-refractivity contribution is -0.122. The molecule has 1 saturated heterocycles. The summed E-state index contributed by atoms with van der Waals surface area (Å²) in [7, 11) is 0. The lowest BCUT2D eigenvalue weighted by Gasteiger charge is -2.11. The first-order chi connectivity index (χ1) is 8.61. The van der Waals surface area contributed by atoms with E-state index in [1.165, 1.54) is 11.8 Å². The third-order valence-electron chi connectivity index (χ3n) is 2.47. The van der Waals surface area contributed by atoms with Crippen LogP contribution in [0.5, 0.6) is 0 Å². The van der Waals surface area contributed by atoms with Crippen molar-refractivity contribution in [3.63, 3.8) is 0 Å². The summed E-state index contributed by atoms with van der Waals surface area (Å²) in [6.07, 6.45) is 2.80. The summed E-state index contributed by atoms with van der Waals surface area (Å²) < 4.78 is 1.66. The maximum atomic E-state index is 12.1. The zero-order chi connectivity index (χ0) is 13.1. The molecule has 1 fully saturated rings. The van der Waals surface area contributed by atoms with Crippen LogP contribution in [-0.4, -0.2) is 21.7 Å². The van der Waals surface area contributed by atoms with E-state index in [4.69, 9.17) is 12.2 Å². The van der Waals surface area contributed by atoms with E-state index in [1.807, 2.05) is 37.3 Å². The summed E-state index contributed by atoms with van der Waals surface area (Å²) in [5, 5.41) is 0. The monoisotopic (exact) mass is 341 g/mol. The molecular formula is C13H12BrNOS2. The maximum absolute atomic E-state index is 12.1. The number of carbonyl (C=O) groups excluding carboxylic acids is 1. The Labute approximate surface area is 125 Å². The van der Waals surface area contributed by atoms with Crippen molar-refractivity contribution in [1.82, 2.24) is 4.90 Å². The van der Waals surface area contributed by atoms with Gasteiger partial charge in [-0.3, -0.25) is 9.69 Å². The molecule has 2 rings (SSSR count). The summed E-state index contributed by atoms with van der Waals surface area (Å²) in [6.45, 7) is 2.73. The highest BCUT2D eigenvalue weighted by Gasteiger charge is 2.30. The first-order valence-corrected chi connectivity index (χ1v) is 7.64. The van der Waals surface area contributed by atoms with E-state index in [0.717, 1.165) is 16.5 Å². The summed E-state index contributed by atoms with van der Waals surface area (Å²) in [4.78, 5) is 14.5.